The molecule has 0 aliphatic carbocycles. The van der Waals surface area contributed by atoms with E-state index in [2.05, 4.69) is 21.2 Å². The van der Waals surface area contributed by atoms with E-state index in [1.54, 1.807) is 0 Å². The van der Waals surface area contributed by atoms with Crippen molar-refractivity contribution in [3.05, 3.63) is 63.9 Å². The zero-order valence-electron chi connectivity index (χ0n) is 12.8. The minimum atomic E-state index is -0.783. The van der Waals surface area contributed by atoms with Gasteiger partial charge in [0.25, 0.3) is 5.91 Å². The van der Waals surface area contributed by atoms with E-state index in [1.165, 1.54) is 19.2 Å². The first-order chi connectivity index (χ1) is 11.5. The minimum Gasteiger partial charge on any atom is -0.494 e. The number of rotatable bonds is 6. The highest BCUT2D eigenvalue weighted by Crippen LogP contribution is 2.18. The van der Waals surface area contributed by atoms with E-state index in [0.717, 1.165) is 16.1 Å². The van der Waals surface area contributed by atoms with Crippen LogP contribution >= 0.6 is 15.9 Å². The second-order valence-electron chi connectivity index (χ2n) is 4.83. The Morgan fingerprint density at radius 3 is 2.67 bits per heavy atom. The monoisotopic (exact) mass is 395 g/mol. The van der Waals surface area contributed by atoms with Crippen LogP contribution in [-0.4, -0.2) is 25.6 Å². The highest BCUT2D eigenvalue weighted by atomic mass is 79.9. The van der Waals surface area contributed by atoms with Gasteiger partial charge in [0.15, 0.2) is 18.2 Å². The minimum absolute atomic E-state index is 0.00749. The van der Waals surface area contributed by atoms with Gasteiger partial charge in [-0.15, -0.1) is 0 Å². The molecule has 0 unspecified atom stereocenters. The molecule has 0 heterocycles. The molecule has 7 heteroatoms. The molecule has 0 atom stereocenters. The smallest absolute Gasteiger partial charge is 0.338 e. The van der Waals surface area contributed by atoms with Crippen LogP contribution in [0.4, 0.5) is 4.39 Å². The first kappa shape index (κ1) is 17.9. The summed E-state index contributed by atoms with van der Waals surface area (Å²) < 4.78 is 24.1. The van der Waals surface area contributed by atoms with Gasteiger partial charge in [0, 0.05) is 11.0 Å². The molecule has 0 aliphatic heterocycles. The Balaban J connectivity index is 1.82. The Morgan fingerprint density at radius 2 is 2.00 bits per heavy atom. The molecule has 0 fully saturated rings. The fraction of sp³-hybridized carbons (Fsp3) is 0.176. The maximum absolute atomic E-state index is 13.5. The molecule has 0 saturated heterocycles. The molecule has 24 heavy (non-hydrogen) atoms. The standard InChI is InChI=1S/C17H15BrFNO4/c1-23-15-6-5-12(8-14(15)19)17(22)24-10-16(21)20-9-11-3-2-4-13(18)7-11/h2-8H,9-10H2,1H3,(H,20,21). The highest BCUT2D eigenvalue weighted by Gasteiger charge is 2.13. The summed E-state index contributed by atoms with van der Waals surface area (Å²) in [5.74, 6) is -1.88. The molecule has 0 aromatic heterocycles. The van der Waals surface area contributed by atoms with Crippen LogP contribution in [0.25, 0.3) is 0 Å². The van der Waals surface area contributed by atoms with Crippen LogP contribution in [0.5, 0.6) is 5.75 Å². The predicted octanol–water partition coefficient (Wildman–Crippen LogP) is 3.07. The second kappa shape index (κ2) is 8.44. The van der Waals surface area contributed by atoms with Gasteiger partial charge < -0.3 is 14.8 Å². The van der Waals surface area contributed by atoms with Crippen molar-refractivity contribution in [3.8, 4) is 5.75 Å². The molecule has 1 amide bonds. The van der Waals surface area contributed by atoms with Crippen LogP contribution in [0.3, 0.4) is 0 Å². The first-order valence-corrected chi connectivity index (χ1v) is 7.80. The zero-order valence-corrected chi connectivity index (χ0v) is 14.4. The lowest BCUT2D eigenvalue weighted by Crippen LogP contribution is -2.28. The third kappa shape index (κ3) is 5.06. The number of ether oxygens (including phenoxy) is 2. The highest BCUT2D eigenvalue weighted by molar-refractivity contribution is 9.10. The fourth-order valence-corrected chi connectivity index (χ4v) is 2.35. The van der Waals surface area contributed by atoms with Crippen molar-refractivity contribution >= 4 is 27.8 Å². The zero-order chi connectivity index (χ0) is 17.5. The third-order valence-electron chi connectivity index (χ3n) is 3.10. The molecule has 2 rings (SSSR count). The van der Waals surface area contributed by atoms with E-state index in [1.807, 2.05) is 24.3 Å². The summed E-state index contributed by atoms with van der Waals surface area (Å²) in [4.78, 5) is 23.5. The Morgan fingerprint density at radius 1 is 1.21 bits per heavy atom. The molecule has 2 aromatic carbocycles. The normalized spacial score (nSPS) is 10.1. The van der Waals surface area contributed by atoms with Crippen LogP contribution in [0.1, 0.15) is 15.9 Å². The molecule has 126 valence electrons. The molecule has 0 spiro atoms. The Hall–Kier alpha value is -2.41. The molecule has 0 saturated carbocycles. The van der Waals surface area contributed by atoms with Crippen molar-refractivity contribution in [2.75, 3.05) is 13.7 Å². The van der Waals surface area contributed by atoms with Crippen molar-refractivity contribution in [2.24, 2.45) is 0 Å². The summed E-state index contributed by atoms with van der Waals surface area (Å²) in [6.07, 6.45) is 0. The predicted molar refractivity (Wildman–Crippen MR) is 89.2 cm³/mol. The van der Waals surface area contributed by atoms with Crippen molar-refractivity contribution in [1.29, 1.82) is 0 Å². The lowest BCUT2D eigenvalue weighted by atomic mass is 10.2. The van der Waals surface area contributed by atoms with Crippen LogP contribution in [-0.2, 0) is 16.1 Å². The number of amides is 1. The molecule has 1 N–H and O–H groups in total. The van der Waals surface area contributed by atoms with Gasteiger partial charge >= 0.3 is 5.97 Å². The number of carbonyl (C=O) groups excluding carboxylic acids is 2. The van der Waals surface area contributed by atoms with E-state index in [9.17, 15) is 14.0 Å². The van der Waals surface area contributed by atoms with Gasteiger partial charge in [0.2, 0.25) is 0 Å². The van der Waals surface area contributed by atoms with Crippen LogP contribution < -0.4 is 10.1 Å². The van der Waals surface area contributed by atoms with E-state index in [-0.39, 0.29) is 11.3 Å². The summed E-state index contributed by atoms with van der Waals surface area (Å²) in [6.45, 7) is -0.131. The maximum atomic E-state index is 13.5. The van der Waals surface area contributed by atoms with Crippen LogP contribution in [0.15, 0.2) is 46.9 Å². The number of nitrogens with one attached hydrogen (secondary N) is 1. The largest absolute Gasteiger partial charge is 0.494 e. The van der Waals surface area contributed by atoms with Gasteiger partial charge in [-0.2, -0.15) is 0 Å². The number of carbonyl (C=O) groups is 2. The van der Waals surface area contributed by atoms with Gasteiger partial charge in [-0.25, -0.2) is 9.18 Å². The molecule has 0 bridgehead atoms. The average molecular weight is 396 g/mol. The Labute approximate surface area is 146 Å². The molecular formula is C17H15BrFNO4. The molecular weight excluding hydrogens is 381 g/mol. The van der Waals surface area contributed by atoms with E-state index >= 15 is 0 Å². The summed E-state index contributed by atoms with van der Waals surface area (Å²) >= 11 is 3.34. The second-order valence-corrected chi connectivity index (χ2v) is 5.75. The lowest BCUT2D eigenvalue weighted by Gasteiger charge is -2.08. The molecule has 0 radical (unpaired) electrons. The van der Waals surface area contributed by atoms with E-state index in [4.69, 9.17) is 9.47 Å². The lowest BCUT2D eigenvalue weighted by molar-refractivity contribution is -0.124. The van der Waals surface area contributed by atoms with Crippen molar-refractivity contribution in [2.45, 2.75) is 6.54 Å². The average Bonchev–Trinajstić information content (AvgIpc) is 2.57. The number of hydrogen-bond donors (Lipinski definition) is 1. The topological polar surface area (TPSA) is 64.6 Å². The van der Waals surface area contributed by atoms with Gasteiger partial charge in [-0.05, 0) is 35.9 Å². The van der Waals surface area contributed by atoms with Crippen molar-refractivity contribution in [1.82, 2.24) is 5.32 Å². The SMILES string of the molecule is COc1ccc(C(=O)OCC(=O)NCc2cccc(Br)c2)cc1F. The molecule has 0 aliphatic rings. The number of benzene rings is 2. The van der Waals surface area contributed by atoms with Gasteiger partial charge in [-0.1, -0.05) is 28.1 Å². The van der Waals surface area contributed by atoms with Gasteiger partial charge in [0.1, 0.15) is 0 Å². The van der Waals surface area contributed by atoms with Crippen molar-refractivity contribution in [3.63, 3.8) is 0 Å². The summed E-state index contributed by atoms with van der Waals surface area (Å²) in [5, 5.41) is 2.63. The maximum Gasteiger partial charge on any atom is 0.338 e. The number of halogens is 2. The van der Waals surface area contributed by atoms with E-state index < -0.39 is 24.3 Å². The quantitative estimate of drug-likeness (QED) is 0.763. The van der Waals surface area contributed by atoms with E-state index in [0.29, 0.717) is 6.54 Å². The summed E-state index contributed by atoms with van der Waals surface area (Å²) in [7, 11) is 1.33. The van der Waals surface area contributed by atoms with Gasteiger partial charge in [-0.3, -0.25) is 4.79 Å². The Kier molecular flexibility index (Phi) is 6.31. The number of hydrogen-bond acceptors (Lipinski definition) is 4. The summed E-state index contributed by atoms with van der Waals surface area (Å²) in [6, 6.07) is 11.1. The number of esters is 1. The fourth-order valence-electron chi connectivity index (χ4n) is 1.91. The first-order valence-electron chi connectivity index (χ1n) is 7.01. The Bertz CT molecular complexity index is 751. The molecule has 2 aromatic rings. The third-order valence-corrected chi connectivity index (χ3v) is 3.59. The van der Waals surface area contributed by atoms with Gasteiger partial charge in [0.05, 0.1) is 12.7 Å². The van der Waals surface area contributed by atoms with Crippen LogP contribution in [0, 0.1) is 5.82 Å². The van der Waals surface area contributed by atoms with Crippen molar-refractivity contribution < 1.29 is 23.5 Å². The summed E-state index contributed by atoms with van der Waals surface area (Å²) in [5.41, 5.74) is 0.911. The molecule has 5 nitrogen and oxygen atoms in total. The van der Waals surface area contributed by atoms with Crippen LogP contribution in [0.2, 0.25) is 0 Å². The number of methoxy groups -OCH3 is 1.